The lowest BCUT2D eigenvalue weighted by Gasteiger charge is -2.30. The lowest BCUT2D eigenvalue weighted by atomic mass is 9.72. The average Bonchev–Trinajstić information content (AvgIpc) is 3.33. The molecule has 0 N–H and O–H groups in total. The van der Waals surface area contributed by atoms with Crippen molar-refractivity contribution in [2.45, 2.75) is 32.1 Å². The van der Waals surface area contributed by atoms with Gasteiger partial charge in [0.05, 0.1) is 14.2 Å². The summed E-state index contributed by atoms with van der Waals surface area (Å²) in [4.78, 5) is 0. The Morgan fingerprint density at radius 1 is 0.724 bits per heavy atom. The molecule has 0 heterocycles. The van der Waals surface area contributed by atoms with Gasteiger partial charge in [-0.25, -0.2) is 0 Å². The van der Waals surface area contributed by atoms with E-state index in [9.17, 15) is 0 Å². The number of benzene rings is 3. The van der Waals surface area contributed by atoms with Crippen LogP contribution in [0.15, 0.2) is 66.7 Å². The molecule has 0 fully saturated rings. The quantitative estimate of drug-likeness (QED) is 0.526. The van der Waals surface area contributed by atoms with Crippen molar-refractivity contribution < 1.29 is 9.47 Å². The Kier molecular flexibility index (Phi) is 5.19. The van der Waals surface area contributed by atoms with E-state index in [4.69, 9.17) is 9.47 Å². The Morgan fingerprint density at radius 2 is 1.31 bits per heavy atom. The van der Waals surface area contributed by atoms with Crippen molar-refractivity contribution in [3.05, 3.63) is 94.5 Å². The SMILES string of the molecule is CC.COc1ccc(C2=Cc3cc(OC)ccc3C23Cc2ccccc2C3)cc1. The van der Waals surface area contributed by atoms with Gasteiger partial charge in [0.2, 0.25) is 0 Å². The molecule has 2 nitrogen and oxygen atoms in total. The van der Waals surface area contributed by atoms with Gasteiger partial charge in [0.15, 0.2) is 0 Å². The van der Waals surface area contributed by atoms with Crippen molar-refractivity contribution in [2.75, 3.05) is 14.2 Å². The van der Waals surface area contributed by atoms with E-state index in [1.54, 1.807) is 14.2 Å². The highest BCUT2D eigenvalue weighted by Gasteiger charge is 2.46. The summed E-state index contributed by atoms with van der Waals surface area (Å²) in [5.41, 5.74) is 8.25. The first kappa shape index (κ1) is 19.3. The molecule has 0 amide bonds. The van der Waals surface area contributed by atoms with Crippen LogP contribution in [-0.2, 0) is 18.3 Å². The molecule has 2 aliphatic carbocycles. The number of hydrogen-bond donors (Lipinski definition) is 0. The predicted molar refractivity (Wildman–Crippen MR) is 121 cm³/mol. The van der Waals surface area contributed by atoms with Gasteiger partial charge in [-0.3, -0.25) is 0 Å². The monoisotopic (exact) mass is 384 g/mol. The largest absolute Gasteiger partial charge is 0.497 e. The first-order valence-electron chi connectivity index (χ1n) is 10.4. The minimum atomic E-state index is -0.000119. The first-order valence-corrected chi connectivity index (χ1v) is 10.4. The van der Waals surface area contributed by atoms with Crippen LogP contribution >= 0.6 is 0 Å². The van der Waals surface area contributed by atoms with Gasteiger partial charge in [0.1, 0.15) is 11.5 Å². The summed E-state index contributed by atoms with van der Waals surface area (Å²) < 4.78 is 10.8. The molecule has 0 saturated carbocycles. The molecule has 0 unspecified atom stereocenters. The zero-order valence-electron chi connectivity index (χ0n) is 17.7. The molecule has 29 heavy (non-hydrogen) atoms. The molecule has 3 aromatic carbocycles. The molecule has 0 saturated heterocycles. The third-order valence-electron chi connectivity index (χ3n) is 6.09. The summed E-state index contributed by atoms with van der Waals surface area (Å²) in [6, 6.07) is 23.8. The van der Waals surface area contributed by atoms with Crippen LogP contribution in [0.4, 0.5) is 0 Å². The van der Waals surface area contributed by atoms with Crippen molar-refractivity contribution in [1.29, 1.82) is 0 Å². The van der Waals surface area contributed by atoms with Crippen LogP contribution in [0, 0.1) is 0 Å². The number of fused-ring (bicyclic) bond motifs is 3. The molecule has 0 bridgehead atoms. The second-order valence-corrected chi connectivity index (χ2v) is 7.44. The topological polar surface area (TPSA) is 18.5 Å². The normalized spacial score (nSPS) is 15.1. The zero-order chi connectivity index (χ0) is 20.4. The van der Waals surface area contributed by atoms with E-state index in [-0.39, 0.29) is 5.41 Å². The van der Waals surface area contributed by atoms with Gasteiger partial charge in [-0.1, -0.05) is 56.3 Å². The number of methoxy groups -OCH3 is 2. The Labute approximate surface area is 173 Å². The van der Waals surface area contributed by atoms with Gasteiger partial charge in [-0.2, -0.15) is 0 Å². The molecule has 148 valence electrons. The molecule has 5 rings (SSSR count). The van der Waals surface area contributed by atoms with Crippen molar-refractivity contribution >= 4 is 11.6 Å². The molecule has 0 atom stereocenters. The number of hydrogen-bond acceptors (Lipinski definition) is 2. The minimum absolute atomic E-state index is 0.000119. The molecular formula is C27H28O2. The Morgan fingerprint density at radius 3 is 1.90 bits per heavy atom. The predicted octanol–water partition coefficient (Wildman–Crippen LogP) is 6.32. The van der Waals surface area contributed by atoms with Crippen LogP contribution in [0.5, 0.6) is 11.5 Å². The van der Waals surface area contributed by atoms with E-state index in [0.717, 1.165) is 24.3 Å². The molecule has 1 spiro atoms. The minimum Gasteiger partial charge on any atom is -0.497 e. The molecule has 2 aliphatic rings. The molecular weight excluding hydrogens is 356 g/mol. The second kappa shape index (κ2) is 7.79. The van der Waals surface area contributed by atoms with E-state index >= 15 is 0 Å². The molecule has 0 aliphatic heterocycles. The van der Waals surface area contributed by atoms with Crippen LogP contribution in [0.1, 0.15) is 41.7 Å². The van der Waals surface area contributed by atoms with Gasteiger partial charge in [0, 0.05) is 5.41 Å². The first-order chi connectivity index (χ1) is 14.2. The van der Waals surface area contributed by atoms with Gasteiger partial charge >= 0.3 is 0 Å². The zero-order valence-corrected chi connectivity index (χ0v) is 17.7. The van der Waals surface area contributed by atoms with Gasteiger partial charge in [0.25, 0.3) is 0 Å². The van der Waals surface area contributed by atoms with E-state index in [1.807, 2.05) is 13.8 Å². The van der Waals surface area contributed by atoms with E-state index in [0.29, 0.717) is 0 Å². The van der Waals surface area contributed by atoms with E-state index in [1.165, 1.54) is 33.4 Å². The molecule has 3 aromatic rings. The van der Waals surface area contributed by atoms with Gasteiger partial charge < -0.3 is 9.47 Å². The molecule has 2 heteroatoms. The Hall–Kier alpha value is -3.00. The Balaban J connectivity index is 0.000000994. The fourth-order valence-electron chi connectivity index (χ4n) is 4.79. The maximum atomic E-state index is 5.48. The van der Waals surface area contributed by atoms with Crippen LogP contribution in [0.25, 0.3) is 11.6 Å². The summed E-state index contributed by atoms with van der Waals surface area (Å²) in [7, 11) is 3.44. The summed E-state index contributed by atoms with van der Waals surface area (Å²) in [6.07, 6.45) is 4.44. The highest BCUT2D eigenvalue weighted by Crippen LogP contribution is 2.54. The van der Waals surface area contributed by atoms with E-state index in [2.05, 4.69) is 72.8 Å². The number of allylic oxidation sites excluding steroid dienone is 1. The van der Waals surface area contributed by atoms with Crippen LogP contribution in [0.2, 0.25) is 0 Å². The summed E-state index contributed by atoms with van der Waals surface area (Å²) >= 11 is 0. The third kappa shape index (κ3) is 3.13. The summed E-state index contributed by atoms with van der Waals surface area (Å²) in [5, 5.41) is 0. The van der Waals surface area contributed by atoms with Crippen LogP contribution in [0.3, 0.4) is 0 Å². The third-order valence-corrected chi connectivity index (χ3v) is 6.09. The van der Waals surface area contributed by atoms with Crippen molar-refractivity contribution in [3.63, 3.8) is 0 Å². The maximum Gasteiger partial charge on any atom is 0.119 e. The smallest absolute Gasteiger partial charge is 0.119 e. The number of ether oxygens (including phenoxy) is 2. The van der Waals surface area contributed by atoms with Crippen molar-refractivity contribution in [3.8, 4) is 11.5 Å². The lowest BCUT2D eigenvalue weighted by Crippen LogP contribution is -2.26. The lowest BCUT2D eigenvalue weighted by molar-refractivity contribution is 0.414. The molecule has 0 radical (unpaired) electrons. The van der Waals surface area contributed by atoms with Gasteiger partial charge in [-0.05, 0) is 76.6 Å². The second-order valence-electron chi connectivity index (χ2n) is 7.44. The average molecular weight is 385 g/mol. The standard InChI is InChI=1S/C25H22O2.C2H6/c1-26-21-9-7-17(8-10-21)24-14-20-13-22(27-2)11-12-23(20)25(24)15-18-5-3-4-6-19(18)16-25;1-2/h3-14H,15-16H2,1-2H3;1-2H3. The van der Waals surface area contributed by atoms with Crippen LogP contribution in [-0.4, -0.2) is 14.2 Å². The highest BCUT2D eigenvalue weighted by molar-refractivity contribution is 5.95. The Bertz CT molecular complexity index is 1020. The summed E-state index contributed by atoms with van der Waals surface area (Å²) in [5.74, 6) is 1.80. The van der Waals surface area contributed by atoms with Crippen molar-refractivity contribution in [1.82, 2.24) is 0 Å². The maximum absolute atomic E-state index is 5.48. The molecule has 0 aromatic heterocycles. The summed E-state index contributed by atoms with van der Waals surface area (Å²) in [6.45, 7) is 4.00. The van der Waals surface area contributed by atoms with Crippen LogP contribution < -0.4 is 9.47 Å². The fraction of sp³-hybridized carbons (Fsp3) is 0.259. The van der Waals surface area contributed by atoms with Crippen molar-refractivity contribution in [2.24, 2.45) is 0 Å². The van der Waals surface area contributed by atoms with Gasteiger partial charge in [-0.15, -0.1) is 0 Å². The number of rotatable bonds is 3. The van der Waals surface area contributed by atoms with E-state index < -0.39 is 0 Å². The fourth-order valence-corrected chi connectivity index (χ4v) is 4.79. The highest BCUT2D eigenvalue weighted by atomic mass is 16.5.